The minimum atomic E-state index is -0.245. The molecule has 17 heavy (non-hydrogen) atoms. The van der Waals surface area contributed by atoms with Crippen LogP contribution in [-0.4, -0.2) is 4.98 Å². The van der Waals surface area contributed by atoms with Gasteiger partial charge in [0, 0.05) is 10.9 Å². The Kier molecular flexibility index (Phi) is 2.54. The molecule has 0 bridgehead atoms. The van der Waals surface area contributed by atoms with Crippen molar-refractivity contribution in [3.63, 3.8) is 0 Å². The number of hydrogen-bond donors (Lipinski definition) is 1. The molecule has 1 aliphatic carbocycles. The second-order valence-electron chi connectivity index (χ2n) is 4.64. The molecule has 1 aromatic carbocycles. The molecule has 2 N–H and O–H groups in total. The molecular weight excluding hydrogens is 255 g/mol. The smallest absolute Gasteiger partial charge is 0.129 e. The van der Waals surface area contributed by atoms with Gasteiger partial charge in [-0.2, -0.15) is 0 Å². The van der Waals surface area contributed by atoms with Crippen LogP contribution in [0.1, 0.15) is 24.8 Å². The van der Waals surface area contributed by atoms with Crippen molar-refractivity contribution in [1.82, 2.24) is 4.98 Å². The summed E-state index contributed by atoms with van der Waals surface area (Å²) in [4.78, 5) is 4.24. The van der Waals surface area contributed by atoms with E-state index in [-0.39, 0.29) is 5.54 Å². The number of nitrogens with two attached hydrogens (primary N) is 1. The molecule has 2 nitrogen and oxygen atoms in total. The molecule has 1 aromatic heterocycles. The van der Waals surface area contributed by atoms with Gasteiger partial charge in [-0.3, -0.25) is 0 Å². The molecule has 0 spiro atoms. The average Bonchev–Trinajstić information content (AvgIpc) is 2.26. The maximum atomic E-state index is 6.43. The Bertz CT molecular complexity index is 591. The van der Waals surface area contributed by atoms with Crippen molar-refractivity contribution in [3.05, 3.63) is 40.0 Å². The largest absolute Gasteiger partial charge is 0.321 e. The summed E-state index contributed by atoms with van der Waals surface area (Å²) in [6.45, 7) is 0. The van der Waals surface area contributed by atoms with Crippen LogP contribution in [0, 0.1) is 0 Å². The number of nitrogens with zero attached hydrogens (tertiary/aromatic N) is 1. The first kappa shape index (κ1) is 11.3. The number of hydrogen-bond acceptors (Lipinski definition) is 2. The molecule has 2 aromatic rings. The number of fused-ring (bicyclic) bond motifs is 1. The van der Waals surface area contributed by atoms with Crippen LogP contribution in [0.5, 0.6) is 0 Å². The lowest BCUT2D eigenvalue weighted by atomic mass is 9.72. The lowest BCUT2D eigenvalue weighted by Gasteiger charge is -2.39. The van der Waals surface area contributed by atoms with E-state index in [1.165, 1.54) is 6.42 Å². The molecule has 0 radical (unpaired) electrons. The number of aromatic nitrogens is 1. The molecule has 1 aliphatic rings. The molecule has 4 heteroatoms. The van der Waals surface area contributed by atoms with E-state index in [0.29, 0.717) is 10.2 Å². The van der Waals surface area contributed by atoms with E-state index in [4.69, 9.17) is 28.9 Å². The lowest BCUT2D eigenvalue weighted by Crippen LogP contribution is -2.43. The van der Waals surface area contributed by atoms with Crippen LogP contribution in [0.15, 0.2) is 24.3 Å². The normalized spacial score (nSPS) is 18.1. The van der Waals surface area contributed by atoms with Crippen molar-refractivity contribution < 1.29 is 0 Å². The maximum Gasteiger partial charge on any atom is 0.129 e. The van der Waals surface area contributed by atoms with Gasteiger partial charge >= 0.3 is 0 Å². The van der Waals surface area contributed by atoms with Crippen LogP contribution in [0.3, 0.4) is 0 Å². The predicted octanol–water partition coefficient (Wildman–Crippen LogP) is 3.88. The fourth-order valence-corrected chi connectivity index (χ4v) is 2.92. The topological polar surface area (TPSA) is 38.9 Å². The lowest BCUT2D eigenvalue weighted by molar-refractivity contribution is 0.254. The van der Waals surface area contributed by atoms with Crippen molar-refractivity contribution in [2.24, 2.45) is 5.73 Å². The number of benzene rings is 1. The quantitative estimate of drug-likeness (QED) is 0.796. The molecule has 1 fully saturated rings. The zero-order valence-corrected chi connectivity index (χ0v) is 10.7. The summed E-state index contributed by atoms with van der Waals surface area (Å²) in [6, 6.07) is 7.57. The van der Waals surface area contributed by atoms with Crippen LogP contribution in [-0.2, 0) is 5.54 Å². The Morgan fingerprint density at radius 1 is 1.12 bits per heavy atom. The van der Waals surface area contributed by atoms with Gasteiger partial charge in [-0.05, 0) is 43.0 Å². The van der Waals surface area contributed by atoms with Gasteiger partial charge in [0.25, 0.3) is 0 Å². The minimum absolute atomic E-state index is 0.245. The SMILES string of the molecule is NC1(c2ccc3nc(Cl)ccc3c2Cl)CCC1. The van der Waals surface area contributed by atoms with E-state index in [2.05, 4.69) is 4.98 Å². The van der Waals surface area contributed by atoms with E-state index >= 15 is 0 Å². The summed E-state index contributed by atoms with van der Waals surface area (Å²) in [6.07, 6.45) is 3.17. The van der Waals surface area contributed by atoms with Gasteiger partial charge < -0.3 is 5.73 Å². The molecule has 0 atom stereocenters. The third-order valence-corrected chi connectivity index (χ3v) is 4.17. The van der Waals surface area contributed by atoms with E-state index in [1.54, 1.807) is 6.07 Å². The summed E-state index contributed by atoms with van der Waals surface area (Å²) in [5.41, 5.74) is 7.91. The number of pyridine rings is 1. The Labute approximate surface area is 110 Å². The first-order valence-electron chi connectivity index (χ1n) is 5.64. The fraction of sp³-hybridized carbons (Fsp3) is 0.308. The highest BCUT2D eigenvalue weighted by Crippen LogP contribution is 2.43. The summed E-state index contributed by atoms with van der Waals surface area (Å²) >= 11 is 12.3. The second-order valence-corrected chi connectivity index (χ2v) is 5.40. The minimum Gasteiger partial charge on any atom is -0.321 e. The molecule has 88 valence electrons. The Hall–Kier alpha value is -0.830. The zero-order chi connectivity index (χ0) is 12.0. The first-order chi connectivity index (χ1) is 8.10. The Morgan fingerprint density at radius 3 is 2.53 bits per heavy atom. The van der Waals surface area contributed by atoms with Crippen LogP contribution >= 0.6 is 23.2 Å². The van der Waals surface area contributed by atoms with Gasteiger partial charge in [0.05, 0.1) is 10.5 Å². The van der Waals surface area contributed by atoms with E-state index in [0.717, 1.165) is 29.3 Å². The van der Waals surface area contributed by atoms with Gasteiger partial charge in [0.15, 0.2) is 0 Å². The molecule has 1 saturated carbocycles. The highest BCUT2D eigenvalue weighted by Gasteiger charge is 2.36. The van der Waals surface area contributed by atoms with Crippen molar-refractivity contribution in [2.45, 2.75) is 24.8 Å². The van der Waals surface area contributed by atoms with E-state index in [9.17, 15) is 0 Å². The highest BCUT2D eigenvalue weighted by molar-refractivity contribution is 6.36. The average molecular weight is 267 g/mol. The van der Waals surface area contributed by atoms with Crippen LogP contribution < -0.4 is 5.73 Å². The second kappa shape index (κ2) is 3.84. The summed E-state index contributed by atoms with van der Waals surface area (Å²) in [7, 11) is 0. The van der Waals surface area contributed by atoms with Gasteiger partial charge in [0.2, 0.25) is 0 Å². The Balaban J connectivity index is 2.22. The van der Waals surface area contributed by atoms with Crippen LogP contribution in [0.2, 0.25) is 10.2 Å². The van der Waals surface area contributed by atoms with Gasteiger partial charge in [-0.25, -0.2) is 4.98 Å². The zero-order valence-electron chi connectivity index (χ0n) is 9.21. The number of halogens is 2. The first-order valence-corrected chi connectivity index (χ1v) is 6.40. The monoisotopic (exact) mass is 266 g/mol. The van der Waals surface area contributed by atoms with E-state index in [1.807, 2.05) is 18.2 Å². The molecule has 0 saturated heterocycles. The standard InChI is InChI=1S/C13H12Cl2N2/c14-11-5-2-8-10(17-11)4-3-9(12(8)15)13(16)6-1-7-13/h2-5H,1,6-7,16H2. The predicted molar refractivity (Wildman–Crippen MR) is 71.5 cm³/mol. The van der Waals surface area contributed by atoms with Gasteiger partial charge in [-0.1, -0.05) is 29.3 Å². The van der Waals surface area contributed by atoms with Crippen LogP contribution in [0.4, 0.5) is 0 Å². The van der Waals surface area contributed by atoms with E-state index < -0.39 is 0 Å². The van der Waals surface area contributed by atoms with Gasteiger partial charge in [-0.15, -0.1) is 0 Å². The molecule has 0 aliphatic heterocycles. The molecule has 0 unspecified atom stereocenters. The van der Waals surface area contributed by atoms with Crippen LogP contribution in [0.25, 0.3) is 10.9 Å². The molecule has 1 heterocycles. The summed E-state index contributed by atoms with van der Waals surface area (Å²) in [5.74, 6) is 0. The number of rotatable bonds is 1. The third kappa shape index (κ3) is 1.71. The van der Waals surface area contributed by atoms with Crippen molar-refractivity contribution in [2.75, 3.05) is 0 Å². The summed E-state index contributed by atoms with van der Waals surface area (Å²) < 4.78 is 0. The van der Waals surface area contributed by atoms with Crippen molar-refractivity contribution in [3.8, 4) is 0 Å². The Morgan fingerprint density at radius 2 is 1.88 bits per heavy atom. The molecule has 3 rings (SSSR count). The maximum absolute atomic E-state index is 6.43. The molecular formula is C13H12Cl2N2. The van der Waals surface area contributed by atoms with Crippen molar-refractivity contribution >= 4 is 34.1 Å². The summed E-state index contributed by atoms with van der Waals surface area (Å²) in [5, 5.41) is 2.12. The third-order valence-electron chi connectivity index (χ3n) is 3.55. The fourth-order valence-electron chi connectivity index (χ4n) is 2.35. The highest BCUT2D eigenvalue weighted by atomic mass is 35.5. The molecule has 0 amide bonds. The van der Waals surface area contributed by atoms with Crippen molar-refractivity contribution in [1.29, 1.82) is 0 Å². The van der Waals surface area contributed by atoms with Gasteiger partial charge in [0.1, 0.15) is 5.15 Å².